The van der Waals surface area contributed by atoms with E-state index < -0.39 is 6.04 Å². The summed E-state index contributed by atoms with van der Waals surface area (Å²) in [5, 5.41) is 14.9. The highest BCUT2D eigenvalue weighted by Crippen LogP contribution is 2.21. The lowest BCUT2D eigenvalue weighted by molar-refractivity contribution is -0.134. The Hall–Kier alpha value is -1.53. The molecule has 2 amide bonds. The maximum atomic E-state index is 12.0. The molecule has 1 aromatic carbocycles. The monoisotopic (exact) mass is 308 g/mol. The van der Waals surface area contributed by atoms with Crippen molar-refractivity contribution in [2.75, 3.05) is 5.75 Å². The van der Waals surface area contributed by atoms with Crippen LogP contribution in [0, 0.1) is 0 Å². The van der Waals surface area contributed by atoms with E-state index in [2.05, 4.69) is 10.6 Å². The number of aliphatic hydroxyl groups is 1. The first-order valence-corrected chi connectivity index (χ1v) is 8.08. The summed E-state index contributed by atoms with van der Waals surface area (Å²) in [6, 6.07) is 8.91. The van der Waals surface area contributed by atoms with Crippen LogP contribution in [0.25, 0.3) is 0 Å². The summed E-state index contributed by atoms with van der Waals surface area (Å²) in [4.78, 5) is 23.5. The van der Waals surface area contributed by atoms with Crippen molar-refractivity contribution in [3.63, 3.8) is 0 Å². The number of carbonyl (C=O) groups is 2. The maximum Gasteiger partial charge on any atom is 0.246 e. The van der Waals surface area contributed by atoms with Crippen LogP contribution in [0.2, 0.25) is 0 Å². The van der Waals surface area contributed by atoms with E-state index in [1.54, 1.807) is 0 Å². The van der Waals surface area contributed by atoms with Gasteiger partial charge in [-0.3, -0.25) is 9.59 Å². The third-order valence-electron chi connectivity index (χ3n) is 3.33. The van der Waals surface area contributed by atoms with E-state index in [1.165, 1.54) is 11.8 Å². The molecule has 1 saturated heterocycles. The molecule has 0 saturated carbocycles. The third-order valence-corrected chi connectivity index (χ3v) is 4.66. The van der Waals surface area contributed by atoms with Gasteiger partial charge in [0.2, 0.25) is 11.8 Å². The summed E-state index contributed by atoms with van der Waals surface area (Å²) in [7, 11) is 0. The highest BCUT2D eigenvalue weighted by atomic mass is 32.2. The first-order chi connectivity index (χ1) is 10.1. The van der Waals surface area contributed by atoms with Crippen molar-refractivity contribution >= 4 is 23.6 Å². The molecule has 0 spiro atoms. The van der Waals surface area contributed by atoms with E-state index in [4.69, 9.17) is 0 Å². The fraction of sp³-hybridized carbons (Fsp3) is 0.467. The zero-order valence-electron chi connectivity index (χ0n) is 11.9. The minimum Gasteiger partial charge on any atom is -0.392 e. The number of β-lactam (4-membered cyclic amide) rings is 1. The van der Waals surface area contributed by atoms with Gasteiger partial charge in [-0.1, -0.05) is 37.3 Å². The Morgan fingerprint density at radius 2 is 2.14 bits per heavy atom. The minimum absolute atomic E-state index is 0.154. The predicted octanol–water partition coefficient (Wildman–Crippen LogP) is 0.674. The van der Waals surface area contributed by atoms with Crippen molar-refractivity contribution in [2.45, 2.75) is 37.3 Å². The van der Waals surface area contributed by atoms with E-state index in [9.17, 15) is 14.7 Å². The Balaban J connectivity index is 1.80. The van der Waals surface area contributed by atoms with Crippen LogP contribution in [0.1, 0.15) is 18.9 Å². The molecule has 6 heteroatoms. The molecule has 0 bridgehead atoms. The van der Waals surface area contributed by atoms with Gasteiger partial charge in [0.05, 0.1) is 12.5 Å². The number of aliphatic hydroxyl groups excluding tert-OH is 1. The van der Waals surface area contributed by atoms with Crippen molar-refractivity contribution in [3.05, 3.63) is 35.9 Å². The minimum atomic E-state index is -0.504. The molecule has 114 valence electrons. The molecule has 1 heterocycles. The summed E-state index contributed by atoms with van der Waals surface area (Å²) < 4.78 is 0. The topological polar surface area (TPSA) is 78.4 Å². The Morgan fingerprint density at radius 1 is 1.43 bits per heavy atom. The standard InChI is InChI=1S/C15H20N2O3S/c1-2-11(18)9-21-15-13(14(20)17-15)16-12(19)8-10-6-4-3-5-7-10/h3-7,11,13,15,18H,2,8-9H2,1H3,(H,16,19)(H,17,20). The number of rotatable bonds is 7. The quantitative estimate of drug-likeness (QED) is 0.647. The van der Waals surface area contributed by atoms with Crippen LogP contribution in [-0.4, -0.2) is 40.2 Å². The van der Waals surface area contributed by atoms with E-state index in [-0.39, 0.29) is 29.7 Å². The fourth-order valence-electron chi connectivity index (χ4n) is 1.97. The van der Waals surface area contributed by atoms with Crippen LogP contribution < -0.4 is 10.6 Å². The molecular weight excluding hydrogens is 288 g/mol. The van der Waals surface area contributed by atoms with Gasteiger partial charge >= 0.3 is 0 Å². The van der Waals surface area contributed by atoms with Gasteiger partial charge in [0.1, 0.15) is 11.4 Å². The Morgan fingerprint density at radius 3 is 2.76 bits per heavy atom. The number of thioether (sulfide) groups is 1. The zero-order valence-corrected chi connectivity index (χ0v) is 12.7. The predicted molar refractivity (Wildman–Crippen MR) is 82.8 cm³/mol. The SMILES string of the molecule is CCC(O)CSC1NC(=O)C1NC(=O)Cc1ccccc1. The van der Waals surface area contributed by atoms with Crippen LogP contribution >= 0.6 is 11.8 Å². The van der Waals surface area contributed by atoms with Crippen molar-refractivity contribution in [1.29, 1.82) is 0 Å². The lowest BCUT2D eigenvalue weighted by Gasteiger charge is -2.36. The molecule has 3 atom stereocenters. The maximum absolute atomic E-state index is 12.0. The van der Waals surface area contributed by atoms with Gasteiger partial charge in [-0.05, 0) is 12.0 Å². The molecule has 1 fully saturated rings. The fourth-order valence-corrected chi connectivity index (χ4v) is 3.22. The summed E-state index contributed by atoms with van der Waals surface area (Å²) in [5.74, 6) is 0.217. The molecule has 0 aromatic heterocycles. The molecular formula is C15H20N2O3S. The first kappa shape index (κ1) is 15.9. The van der Waals surface area contributed by atoms with Crippen molar-refractivity contribution in [3.8, 4) is 0 Å². The number of hydrogen-bond donors (Lipinski definition) is 3. The summed E-state index contributed by atoms with van der Waals surface area (Å²) in [5.41, 5.74) is 0.917. The number of nitrogens with one attached hydrogen (secondary N) is 2. The molecule has 21 heavy (non-hydrogen) atoms. The smallest absolute Gasteiger partial charge is 0.246 e. The van der Waals surface area contributed by atoms with E-state index in [0.29, 0.717) is 12.2 Å². The van der Waals surface area contributed by atoms with E-state index >= 15 is 0 Å². The Kier molecular flexibility index (Phi) is 5.64. The second kappa shape index (κ2) is 7.47. The normalized spacial score (nSPS) is 22.1. The van der Waals surface area contributed by atoms with Crippen molar-refractivity contribution < 1.29 is 14.7 Å². The van der Waals surface area contributed by atoms with E-state index in [1.807, 2.05) is 37.3 Å². The van der Waals surface area contributed by atoms with E-state index in [0.717, 1.165) is 5.56 Å². The summed E-state index contributed by atoms with van der Waals surface area (Å²) in [6.45, 7) is 1.91. The second-order valence-electron chi connectivity index (χ2n) is 5.03. The molecule has 5 nitrogen and oxygen atoms in total. The number of carbonyl (C=O) groups excluding carboxylic acids is 2. The highest BCUT2D eigenvalue weighted by Gasteiger charge is 2.40. The molecule has 1 aromatic rings. The molecule has 2 rings (SSSR count). The third kappa shape index (κ3) is 4.47. The molecule has 1 aliphatic rings. The average molecular weight is 308 g/mol. The Labute approximate surface area is 128 Å². The highest BCUT2D eigenvalue weighted by molar-refractivity contribution is 8.00. The first-order valence-electron chi connectivity index (χ1n) is 7.03. The molecule has 1 aliphatic heterocycles. The molecule has 3 N–H and O–H groups in total. The van der Waals surface area contributed by atoms with Gasteiger partial charge in [0.15, 0.2) is 0 Å². The van der Waals surface area contributed by atoms with Gasteiger partial charge in [-0.25, -0.2) is 0 Å². The van der Waals surface area contributed by atoms with Crippen LogP contribution in [0.4, 0.5) is 0 Å². The molecule has 3 unspecified atom stereocenters. The van der Waals surface area contributed by atoms with Gasteiger partial charge < -0.3 is 15.7 Å². The average Bonchev–Trinajstić information content (AvgIpc) is 2.49. The van der Waals surface area contributed by atoms with Gasteiger partial charge in [0.25, 0.3) is 0 Å². The van der Waals surface area contributed by atoms with Crippen LogP contribution in [0.3, 0.4) is 0 Å². The lowest BCUT2D eigenvalue weighted by atomic mass is 10.1. The largest absolute Gasteiger partial charge is 0.392 e. The van der Waals surface area contributed by atoms with Gasteiger partial charge in [-0.2, -0.15) is 0 Å². The van der Waals surface area contributed by atoms with Gasteiger partial charge in [0, 0.05) is 5.75 Å². The summed E-state index contributed by atoms with van der Waals surface area (Å²) >= 11 is 1.46. The van der Waals surface area contributed by atoms with Crippen molar-refractivity contribution in [1.82, 2.24) is 10.6 Å². The molecule has 0 radical (unpaired) electrons. The number of benzene rings is 1. The second-order valence-corrected chi connectivity index (χ2v) is 6.21. The number of hydrogen-bond acceptors (Lipinski definition) is 4. The van der Waals surface area contributed by atoms with Crippen LogP contribution in [-0.2, 0) is 16.0 Å². The Bertz CT molecular complexity index is 495. The van der Waals surface area contributed by atoms with Crippen molar-refractivity contribution in [2.24, 2.45) is 0 Å². The van der Waals surface area contributed by atoms with Gasteiger partial charge in [-0.15, -0.1) is 11.8 Å². The lowest BCUT2D eigenvalue weighted by Crippen LogP contribution is -2.68. The zero-order chi connectivity index (χ0) is 15.2. The number of amides is 2. The van der Waals surface area contributed by atoms with Crippen LogP contribution in [0.15, 0.2) is 30.3 Å². The van der Waals surface area contributed by atoms with Crippen LogP contribution in [0.5, 0.6) is 0 Å². The summed E-state index contributed by atoms with van der Waals surface area (Å²) in [6.07, 6.45) is 0.561. The molecule has 0 aliphatic carbocycles.